The van der Waals surface area contributed by atoms with Crippen LogP contribution < -0.4 is 10.1 Å². The van der Waals surface area contributed by atoms with Crippen LogP contribution in [0, 0.1) is 0 Å². The molecule has 0 fully saturated rings. The maximum absolute atomic E-state index is 6.10. The summed E-state index contributed by atoms with van der Waals surface area (Å²) < 4.78 is 10.9. The first-order chi connectivity index (χ1) is 9.69. The molecule has 4 heteroatoms. The summed E-state index contributed by atoms with van der Waals surface area (Å²) in [5.74, 6) is 0.919. The van der Waals surface area contributed by atoms with E-state index in [1.54, 1.807) is 7.11 Å². The number of rotatable bonds is 10. The maximum Gasteiger partial charge on any atom is 0.124 e. The van der Waals surface area contributed by atoms with Crippen LogP contribution in [0.3, 0.4) is 0 Å². The summed E-state index contributed by atoms with van der Waals surface area (Å²) >= 11 is 6.10. The molecule has 1 atom stereocenters. The van der Waals surface area contributed by atoms with E-state index in [4.69, 9.17) is 21.1 Å². The number of methoxy groups -OCH3 is 1. The van der Waals surface area contributed by atoms with Gasteiger partial charge in [0.2, 0.25) is 0 Å². The lowest BCUT2D eigenvalue weighted by Gasteiger charge is -2.18. The number of benzene rings is 1. The molecule has 1 unspecified atom stereocenters. The summed E-state index contributed by atoms with van der Waals surface area (Å²) in [6.07, 6.45) is 3.12. The Morgan fingerprint density at radius 2 is 2.00 bits per heavy atom. The fourth-order valence-corrected chi connectivity index (χ4v) is 2.17. The topological polar surface area (TPSA) is 30.5 Å². The highest BCUT2D eigenvalue weighted by Crippen LogP contribution is 2.28. The minimum Gasteiger partial charge on any atom is -0.493 e. The molecule has 0 bridgehead atoms. The van der Waals surface area contributed by atoms with E-state index in [1.807, 2.05) is 18.2 Å². The lowest BCUT2D eigenvalue weighted by Crippen LogP contribution is -2.20. The van der Waals surface area contributed by atoms with Crippen molar-refractivity contribution in [3.63, 3.8) is 0 Å². The molecule has 1 aromatic rings. The molecule has 0 spiro atoms. The van der Waals surface area contributed by atoms with Crippen molar-refractivity contribution >= 4 is 11.6 Å². The van der Waals surface area contributed by atoms with Crippen molar-refractivity contribution in [2.45, 2.75) is 39.2 Å². The molecule has 0 radical (unpaired) electrons. The second-order valence-electron chi connectivity index (χ2n) is 4.91. The number of hydrogen-bond acceptors (Lipinski definition) is 3. The zero-order valence-electron chi connectivity index (χ0n) is 12.7. The molecule has 1 N–H and O–H groups in total. The Morgan fingerprint density at radius 3 is 2.70 bits per heavy atom. The Hall–Kier alpha value is -0.770. The lowest BCUT2D eigenvalue weighted by atomic mass is 10.1. The Kier molecular flexibility index (Phi) is 8.67. The van der Waals surface area contributed by atoms with E-state index in [1.165, 1.54) is 0 Å². The molecule has 0 aromatic heterocycles. The van der Waals surface area contributed by atoms with Gasteiger partial charge in [0.15, 0.2) is 0 Å². The van der Waals surface area contributed by atoms with Crippen LogP contribution in [-0.2, 0) is 4.74 Å². The van der Waals surface area contributed by atoms with Gasteiger partial charge in [-0.05, 0) is 50.9 Å². The van der Waals surface area contributed by atoms with Gasteiger partial charge < -0.3 is 14.8 Å². The van der Waals surface area contributed by atoms with Crippen LogP contribution in [-0.4, -0.2) is 26.9 Å². The summed E-state index contributed by atoms with van der Waals surface area (Å²) in [6.45, 7) is 6.77. The first-order valence-corrected chi connectivity index (χ1v) is 7.71. The van der Waals surface area contributed by atoms with Gasteiger partial charge in [0.25, 0.3) is 0 Å². The largest absolute Gasteiger partial charge is 0.493 e. The normalized spacial score (nSPS) is 12.4. The summed E-state index contributed by atoms with van der Waals surface area (Å²) in [4.78, 5) is 0. The van der Waals surface area contributed by atoms with Crippen LogP contribution in [0.15, 0.2) is 18.2 Å². The van der Waals surface area contributed by atoms with Crippen LogP contribution in [0.25, 0.3) is 0 Å². The van der Waals surface area contributed by atoms with Crippen molar-refractivity contribution in [1.82, 2.24) is 5.32 Å². The number of ether oxygens (including phenoxy) is 2. The van der Waals surface area contributed by atoms with Crippen molar-refractivity contribution < 1.29 is 9.47 Å². The molecular weight excluding hydrogens is 274 g/mol. The fraction of sp³-hybridized carbons (Fsp3) is 0.625. The predicted octanol–water partition coefficient (Wildman–Crippen LogP) is 4.21. The summed E-state index contributed by atoms with van der Waals surface area (Å²) in [7, 11) is 1.72. The maximum atomic E-state index is 6.10. The highest BCUT2D eigenvalue weighted by atomic mass is 35.5. The molecule has 0 aliphatic carbocycles. The van der Waals surface area contributed by atoms with Crippen molar-refractivity contribution in [2.24, 2.45) is 0 Å². The van der Waals surface area contributed by atoms with Gasteiger partial charge in [-0.15, -0.1) is 0 Å². The predicted molar refractivity (Wildman–Crippen MR) is 84.8 cm³/mol. The number of halogens is 1. The Balaban J connectivity index is 2.59. The minimum atomic E-state index is 0.239. The monoisotopic (exact) mass is 299 g/mol. The van der Waals surface area contributed by atoms with Crippen LogP contribution >= 0.6 is 11.6 Å². The van der Waals surface area contributed by atoms with Gasteiger partial charge in [-0.3, -0.25) is 0 Å². The number of hydrogen-bond donors (Lipinski definition) is 1. The standard InChI is InChI=1S/C16H26ClNO2/c1-4-9-18-13(2)15-12-14(17)7-8-16(15)20-11-6-5-10-19-3/h7-8,12-13,18H,4-6,9-11H2,1-3H3. The third kappa shape index (κ3) is 6.12. The molecule has 0 saturated heterocycles. The van der Waals surface area contributed by atoms with Crippen molar-refractivity contribution in [3.05, 3.63) is 28.8 Å². The van der Waals surface area contributed by atoms with Gasteiger partial charge in [-0.2, -0.15) is 0 Å². The third-order valence-electron chi connectivity index (χ3n) is 3.14. The van der Waals surface area contributed by atoms with Gasteiger partial charge in [0.1, 0.15) is 5.75 Å². The summed E-state index contributed by atoms with van der Waals surface area (Å²) in [5, 5.41) is 4.22. The van der Waals surface area contributed by atoms with Crippen LogP contribution in [0.1, 0.15) is 44.7 Å². The average molecular weight is 300 g/mol. The second-order valence-corrected chi connectivity index (χ2v) is 5.34. The Labute approximate surface area is 127 Å². The molecule has 0 saturated carbocycles. The molecule has 0 aliphatic heterocycles. The van der Waals surface area contributed by atoms with Gasteiger partial charge in [-0.1, -0.05) is 18.5 Å². The number of unbranched alkanes of at least 4 members (excludes halogenated alkanes) is 1. The highest BCUT2D eigenvalue weighted by molar-refractivity contribution is 6.30. The molecular formula is C16H26ClNO2. The van der Waals surface area contributed by atoms with Crippen LogP contribution in [0.5, 0.6) is 5.75 Å². The van der Waals surface area contributed by atoms with Gasteiger partial charge in [0, 0.05) is 30.3 Å². The zero-order valence-corrected chi connectivity index (χ0v) is 13.5. The van der Waals surface area contributed by atoms with Crippen LogP contribution in [0.2, 0.25) is 5.02 Å². The average Bonchev–Trinajstić information content (AvgIpc) is 2.45. The third-order valence-corrected chi connectivity index (χ3v) is 3.37. The fourth-order valence-electron chi connectivity index (χ4n) is 1.99. The molecule has 0 amide bonds. The quantitative estimate of drug-likeness (QED) is 0.657. The number of nitrogens with one attached hydrogen (secondary N) is 1. The highest BCUT2D eigenvalue weighted by Gasteiger charge is 2.11. The summed E-state index contributed by atoms with van der Waals surface area (Å²) in [6, 6.07) is 6.06. The Morgan fingerprint density at radius 1 is 1.25 bits per heavy atom. The molecule has 3 nitrogen and oxygen atoms in total. The lowest BCUT2D eigenvalue weighted by molar-refractivity contribution is 0.184. The molecule has 0 heterocycles. The van der Waals surface area contributed by atoms with E-state index < -0.39 is 0 Å². The molecule has 20 heavy (non-hydrogen) atoms. The molecule has 1 aromatic carbocycles. The van der Waals surface area contributed by atoms with Gasteiger partial charge in [0.05, 0.1) is 6.61 Å². The van der Waals surface area contributed by atoms with E-state index in [2.05, 4.69) is 19.2 Å². The molecule has 0 aliphatic rings. The minimum absolute atomic E-state index is 0.239. The molecule has 1 rings (SSSR count). The van der Waals surface area contributed by atoms with E-state index in [9.17, 15) is 0 Å². The first kappa shape index (κ1) is 17.3. The van der Waals surface area contributed by atoms with Crippen molar-refractivity contribution in [2.75, 3.05) is 26.9 Å². The SMILES string of the molecule is CCCNC(C)c1cc(Cl)ccc1OCCCCOC. The van der Waals surface area contributed by atoms with Crippen molar-refractivity contribution in [3.8, 4) is 5.75 Å². The van der Waals surface area contributed by atoms with E-state index in [0.717, 1.165) is 48.7 Å². The zero-order chi connectivity index (χ0) is 14.8. The smallest absolute Gasteiger partial charge is 0.124 e. The van der Waals surface area contributed by atoms with E-state index in [-0.39, 0.29) is 6.04 Å². The van der Waals surface area contributed by atoms with E-state index >= 15 is 0 Å². The van der Waals surface area contributed by atoms with Gasteiger partial charge >= 0.3 is 0 Å². The first-order valence-electron chi connectivity index (χ1n) is 7.33. The second kappa shape index (κ2) is 10.0. The van der Waals surface area contributed by atoms with Crippen molar-refractivity contribution in [1.29, 1.82) is 0 Å². The van der Waals surface area contributed by atoms with Gasteiger partial charge in [-0.25, -0.2) is 0 Å². The van der Waals surface area contributed by atoms with Crippen LogP contribution in [0.4, 0.5) is 0 Å². The molecule has 114 valence electrons. The summed E-state index contributed by atoms with van der Waals surface area (Å²) in [5.41, 5.74) is 1.12. The Bertz CT molecular complexity index is 385. The van der Waals surface area contributed by atoms with E-state index in [0.29, 0.717) is 6.61 Å².